The highest BCUT2D eigenvalue weighted by Gasteiger charge is 2.11. The second kappa shape index (κ2) is 4.68. The second-order valence-electron chi connectivity index (χ2n) is 3.33. The quantitative estimate of drug-likeness (QED) is 0.326. The monoisotopic (exact) mass is 258 g/mol. The minimum absolute atomic E-state index is 0.823. The Morgan fingerprint density at radius 1 is 1.33 bits per heavy atom. The number of alkyl halides is 1. The van der Waals surface area contributed by atoms with Gasteiger partial charge in [-0.25, -0.2) is 0 Å². The number of halogens is 1. The van der Waals surface area contributed by atoms with E-state index in [1.54, 1.807) is 0 Å². The molecule has 0 atom stereocenters. The minimum atomic E-state index is -0.823. The van der Waals surface area contributed by atoms with Gasteiger partial charge in [0.1, 0.15) is 0 Å². The van der Waals surface area contributed by atoms with Crippen molar-refractivity contribution in [3.8, 4) is 0 Å². The predicted molar refractivity (Wildman–Crippen MR) is 53.0 cm³/mol. The second-order valence-corrected chi connectivity index (χ2v) is 9.57. The van der Waals surface area contributed by atoms with Gasteiger partial charge in [0, 0.05) is 14.7 Å². The molecule has 0 fully saturated rings. The first-order valence-corrected chi connectivity index (χ1v) is 8.43. The lowest BCUT2D eigenvalue weighted by Crippen LogP contribution is -2.21. The standard InChI is InChI=1S/C6H15IOSi/c1-9(2,3)5-4-8-6-7/h4-6H2,1-3H3. The van der Waals surface area contributed by atoms with Crippen LogP contribution >= 0.6 is 22.6 Å². The average Bonchev–Trinajstić information content (AvgIpc) is 1.63. The SMILES string of the molecule is C[Si](C)(C)CCOCI. The van der Waals surface area contributed by atoms with E-state index in [2.05, 4.69) is 42.2 Å². The molecule has 0 aromatic rings. The molecule has 0 radical (unpaired) electrons. The molecule has 0 aliphatic heterocycles. The summed E-state index contributed by atoms with van der Waals surface area (Å²) < 4.78 is 6.07. The summed E-state index contributed by atoms with van der Waals surface area (Å²) in [5.74, 6) is 0. The molecule has 0 unspecified atom stereocenters. The van der Waals surface area contributed by atoms with Crippen LogP contribution in [0.15, 0.2) is 0 Å². The van der Waals surface area contributed by atoms with E-state index in [0.29, 0.717) is 0 Å². The van der Waals surface area contributed by atoms with E-state index in [9.17, 15) is 0 Å². The zero-order valence-electron chi connectivity index (χ0n) is 6.41. The molecule has 0 bridgehead atoms. The van der Waals surface area contributed by atoms with Gasteiger partial charge in [-0.2, -0.15) is 0 Å². The summed E-state index contributed by atoms with van der Waals surface area (Å²) in [4.78, 5) is 0. The van der Waals surface area contributed by atoms with Crippen molar-refractivity contribution in [1.29, 1.82) is 0 Å². The average molecular weight is 258 g/mol. The Kier molecular flexibility index (Phi) is 5.15. The molecular formula is C6H15IOSi. The number of hydrogen-bond acceptors (Lipinski definition) is 1. The van der Waals surface area contributed by atoms with E-state index in [-0.39, 0.29) is 0 Å². The molecule has 9 heavy (non-hydrogen) atoms. The Morgan fingerprint density at radius 2 is 1.89 bits per heavy atom. The lowest BCUT2D eigenvalue weighted by molar-refractivity contribution is 0.206. The van der Waals surface area contributed by atoms with Gasteiger partial charge in [0.05, 0.1) is 4.61 Å². The summed E-state index contributed by atoms with van der Waals surface area (Å²) in [7, 11) is -0.823. The third-order valence-electron chi connectivity index (χ3n) is 1.07. The maximum atomic E-state index is 5.23. The summed E-state index contributed by atoms with van der Waals surface area (Å²) in [6.07, 6.45) is 0. The maximum absolute atomic E-state index is 5.23. The van der Waals surface area contributed by atoms with Crippen molar-refractivity contribution in [2.75, 3.05) is 11.2 Å². The first kappa shape index (κ1) is 9.91. The Morgan fingerprint density at radius 3 is 2.22 bits per heavy atom. The van der Waals surface area contributed by atoms with Gasteiger partial charge < -0.3 is 4.74 Å². The van der Waals surface area contributed by atoms with Crippen molar-refractivity contribution in [1.82, 2.24) is 0 Å². The molecule has 0 N–H and O–H groups in total. The van der Waals surface area contributed by atoms with Crippen LogP contribution in [0.25, 0.3) is 0 Å². The molecule has 0 aliphatic rings. The molecule has 0 rings (SSSR count). The van der Waals surface area contributed by atoms with Crippen molar-refractivity contribution in [3.05, 3.63) is 0 Å². The van der Waals surface area contributed by atoms with Crippen LogP contribution in [-0.2, 0) is 4.74 Å². The molecule has 3 heteroatoms. The Bertz CT molecular complexity index is 69.9. The lowest BCUT2D eigenvalue weighted by atomic mass is 10.9. The van der Waals surface area contributed by atoms with Crippen LogP contribution in [0.1, 0.15) is 0 Å². The highest BCUT2D eigenvalue weighted by Crippen LogP contribution is 2.07. The predicted octanol–water partition coefficient (Wildman–Crippen LogP) is 2.73. The highest BCUT2D eigenvalue weighted by molar-refractivity contribution is 14.1. The first-order valence-electron chi connectivity index (χ1n) is 3.20. The normalized spacial score (nSPS) is 12.0. The van der Waals surface area contributed by atoms with Crippen molar-refractivity contribution in [3.63, 3.8) is 0 Å². The van der Waals surface area contributed by atoms with E-state index >= 15 is 0 Å². The van der Waals surface area contributed by atoms with Gasteiger partial charge in [0.25, 0.3) is 0 Å². The Balaban J connectivity index is 3.07. The molecule has 0 aromatic carbocycles. The fraction of sp³-hybridized carbons (Fsp3) is 1.00. The molecule has 0 aliphatic carbocycles. The molecule has 0 saturated carbocycles. The van der Waals surface area contributed by atoms with Crippen molar-refractivity contribution >= 4 is 30.7 Å². The van der Waals surface area contributed by atoms with Crippen LogP contribution in [0, 0.1) is 0 Å². The van der Waals surface area contributed by atoms with Crippen LogP contribution in [0.3, 0.4) is 0 Å². The van der Waals surface area contributed by atoms with Crippen molar-refractivity contribution in [2.45, 2.75) is 25.7 Å². The van der Waals surface area contributed by atoms with Crippen LogP contribution in [0.5, 0.6) is 0 Å². The van der Waals surface area contributed by atoms with Gasteiger partial charge in [-0.1, -0.05) is 42.2 Å². The molecule has 0 aromatic heterocycles. The molecule has 0 spiro atoms. The summed E-state index contributed by atoms with van der Waals surface area (Å²) in [5.41, 5.74) is 0. The number of ether oxygens (including phenoxy) is 1. The highest BCUT2D eigenvalue weighted by atomic mass is 127. The smallest absolute Gasteiger partial charge is 0.0979 e. The molecule has 0 saturated heterocycles. The van der Waals surface area contributed by atoms with Crippen LogP contribution in [-0.4, -0.2) is 19.3 Å². The van der Waals surface area contributed by atoms with Crippen molar-refractivity contribution < 1.29 is 4.74 Å². The van der Waals surface area contributed by atoms with Gasteiger partial charge in [0.15, 0.2) is 0 Å². The summed E-state index contributed by atoms with van der Waals surface area (Å²) in [6, 6.07) is 1.29. The van der Waals surface area contributed by atoms with Gasteiger partial charge in [-0.3, -0.25) is 0 Å². The van der Waals surface area contributed by atoms with Gasteiger partial charge in [0.2, 0.25) is 0 Å². The van der Waals surface area contributed by atoms with Gasteiger partial charge in [-0.15, -0.1) is 0 Å². The summed E-state index contributed by atoms with van der Waals surface area (Å²) in [6.45, 7) is 8.05. The third kappa shape index (κ3) is 8.91. The fourth-order valence-electron chi connectivity index (χ4n) is 0.433. The van der Waals surface area contributed by atoms with Crippen molar-refractivity contribution in [2.24, 2.45) is 0 Å². The third-order valence-corrected chi connectivity index (χ3v) is 3.22. The van der Waals surface area contributed by atoms with Crippen LogP contribution < -0.4 is 0 Å². The molecule has 0 amide bonds. The molecular weight excluding hydrogens is 243 g/mol. The van der Waals surface area contributed by atoms with E-state index in [4.69, 9.17) is 4.74 Å². The fourth-order valence-corrected chi connectivity index (χ4v) is 1.50. The minimum Gasteiger partial charge on any atom is -0.371 e. The maximum Gasteiger partial charge on any atom is 0.0979 e. The van der Waals surface area contributed by atoms with Gasteiger partial charge >= 0.3 is 0 Å². The number of hydrogen-bond donors (Lipinski definition) is 0. The largest absolute Gasteiger partial charge is 0.371 e. The Hall–Kier alpha value is 0.907. The zero-order valence-corrected chi connectivity index (χ0v) is 9.57. The van der Waals surface area contributed by atoms with E-state index in [1.165, 1.54) is 6.04 Å². The van der Waals surface area contributed by atoms with E-state index in [0.717, 1.165) is 11.2 Å². The first-order chi connectivity index (χ1) is 4.06. The number of rotatable bonds is 4. The summed E-state index contributed by atoms with van der Waals surface area (Å²) in [5, 5.41) is 0. The summed E-state index contributed by atoms with van der Waals surface area (Å²) >= 11 is 2.23. The molecule has 1 nitrogen and oxygen atoms in total. The lowest BCUT2D eigenvalue weighted by Gasteiger charge is -2.14. The Labute approximate surface area is 72.3 Å². The molecule has 56 valence electrons. The molecule has 0 heterocycles. The van der Waals surface area contributed by atoms with Crippen LogP contribution in [0.2, 0.25) is 25.7 Å². The topological polar surface area (TPSA) is 9.23 Å². The van der Waals surface area contributed by atoms with E-state index in [1.807, 2.05) is 0 Å². The van der Waals surface area contributed by atoms with Crippen LogP contribution in [0.4, 0.5) is 0 Å². The zero-order chi connectivity index (χ0) is 7.33. The van der Waals surface area contributed by atoms with E-state index < -0.39 is 8.07 Å². The van der Waals surface area contributed by atoms with Gasteiger partial charge in [-0.05, 0) is 6.04 Å².